The maximum atomic E-state index is 13.0. The molecule has 136 valence electrons. The fourth-order valence-corrected chi connectivity index (χ4v) is 3.95. The second-order valence-electron chi connectivity index (χ2n) is 6.93. The van der Waals surface area contributed by atoms with Crippen molar-refractivity contribution in [1.29, 1.82) is 0 Å². The number of benzene rings is 2. The first-order valence-electron chi connectivity index (χ1n) is 9.11. The van der Waals surface area contributed by atoms with Crippen LogP contribution in [0.1, 0.15) is 36.8 Å². The molecule has 26 heavy (non-hydrogen) atoms. The monoisotopic (exact) mass is 371 g/mol. The van der Waals surface area contributed by atoms with Crippen molar-refractivity contribution in [3.63, 3.8) is 0 Å². The molecular formula is C21H22ClNO3. The second kappa shape index (κ2) is 7.20. The minimum absolute atomic E-state index is 0.0786. The predicted octanol–water partition coefficient (Wildman–Crippen LogP) is 4.58. The van der Waals surface area contributed by atoms with Crippen LogP contribution >= 0.6 is 11.6 Å². The fourth-order valence-electron chi connectivity index (χ4n) is 3.66. The standard InChI is InChI=1S/C21H22ClNO3/c1-14-7-8-23(18-6-3-2-5-16(14)18)20(24)13-15-11-17(22)21-19(12-15)25-9-4-10-26-21/h2-3,5-6,11-12,14H,4,7-10,13H2,1H3. The van der Waals surface area contributed by atoms with Crippen LogP contribution in [-0.4, -0.2) is 25.7 Å². The van der Waals surface area contributed by atoms with Gasteiger partial charge in [0.1, 0.15) is 0 Å². The molecule has 0 spiro atoms. The number of carbonyl (C=O) groups excluding carboxylic acids is 1. The van der Waals surface area contributed by atoms with E-state index in [4.69, 9.17) is 21.1 Å². The highest BCUT2D eigenvalue weighted by atomic mass is 35.5. The molecular weight excluding hydrogens is 350 g/mol. The van der Waals surface area contributed by atoms with Crippen LogP contribution < -0.4 is 14.4 Å². The van der Waals surface area contributed by atoms with E-state index in [1.807, 2.05) is 35.2 Å². The van der Waals surface area contributed by atoms with Crippen LogP contribution in [0.5, 0.6) is 11.5 Å². The number of carbonyl (C=O) groups is 1. The Morgan fingerprint density at radius 3 is 2.92 bits per heavy atom. The number of halogens is 1. The van der Waals surface area contributed by atoms with Crippen LogP contribution in [0.2, 0.25) is 5.02 Å². The van der Waals surface area contributed by atoms with Gasteiger partial charge in [-0.15, -0.1) is 0 Å². The number of hydrogen-bond acceptors (Lipinski definition) is 3. The van der Waals surface area contributed by atoms with Gasteiger partial charge in [0.2, 0.25) is 5.91 Å². The summed E-state index contributed by atoms with van der Waals surface area (Å²) in [5, 5.41) is 0.500. The van der Waals surface area contributed by atoms with E-state index < -0.39 is 0 Å². The summed E-state index contributed by atoms with van der Waals surface area (Å²) in [5.74, 6) is 1.76. The quantitative estimate of drug-likeness (QED) is 0.775. The number of ether oxygens (including phenoxy) is 2. The number of amides is 1. The van der Waals surface area contributed by atoms with Crippen LogP contribution in [0.25, 0.3) is 0 Å². The van der Waals surface area contributed by atoms with E-state index in [2.05, 4.69) is 13.0 Å². The number of anilines is 1. The van der Waals surface area contributed by atoms with Crippen LogP contribution in [0.3, 0.4) is 0 Å². The Kier molecular flexibility index (Phi) is 4.77. The molecule has 0 fully saturated rings. The lowest BCUT2D eigenvalue weighted by Gasteiger charge is -2.33. The summed E-state index contributed by atoms with van der Waals surface area (Å²) < 4.78 is 11.4. The van der Waals surface area contributed by atoms with Gasteiger partial charge in [-0.1, -0.05) is 36.7 Å². The Hall–Kier alpha value is -2.20. The number of fused-ring (bicyclic) bond motifs is 2. The highest BCUT2D eigenvalue weighted by Crippen LogP contribution is 2.39. The van der Waals surface area contributed by atoms with E-state index in [9.17, 15) is 4.79 Å². The van der Waals surface area contributed by atoms with Gasteiger partial charge in [0, 0.05) is 18.7 Å². The van der Waals surface area contributed by atoms with Crippen molar-refractivity contribution in [3.05, 3.63) is 52.5 Å². The van der Waals surface area contributed by atoms with Gasteiger partial charge in [-0.3, -0.25) is 4.79 Å². The predicted molar refractivity (Wildman–Crippen MR) is 103 cm³/mol. The highest BCUT2D eigenvalue weighted by molar-refractivity contribution is 6.32. The molecule has 0 saturated carbocycles. The zero-order valence-corrected chi connectivity index (χ0v) is 15.6. The zero-order chi connectivity index (χ0) is 18.1. The molecule has 2 heterocycles. The third-order valence-corrected chi connectivity index (χ3v) is 5.34. The molecule has 2 aromatic carbocycles. The first kappa shape index (κ1) is 17.2. The van der Waals surface area contributed by atoms with Crippen LogP contribution in [0.15, 0.2) is 36.4 Å². The first-order chi connectivity index (χ1) is 12.6. The number of hydrogen-bond donors (Lipinski definition) is 0. The zero-order valence-electron chi connectivity index (χ0n) is 14.8. The number of rotatable bonds is 2. The maximum Gasteiger partial charge on any atom is 0.231 e. The number of para-hydroxylation sites is 1. The Balaban J connectivity index is 1.59. The van der Waals surface area contributed by atoms with Gasteiger partial charge in [0.05, 0.1) is 24.7 Å². The molecule has 0 bridgehead atoms. The summed E-state index contributed by atoms with van der Waals surface area (Å²) in [6, 6.07) is 11.9. The van der Waals surface area contributed by atoms with Crippen molar-refractivity contribution < 1.29 is 14.3 Å². The Labute approximate surface area is 158 Å². The normalized spacial score (nSPS) is 18.8. The molecule has 0 saturated heterocycles. The van der Waals surface area contributed by atoms with E-state index in [-0.39, 0.29) is 5.91 Å². The average Bonchev–Trinajstić information content (AvgIpc) is 2.88. The molecule has 0 radical (unpaired) electrons. The lowest BCUT2D eigenvalue weighted by molar-refractivity contribution is -0.118. The third-order valence-electron chi connectivity index (χ3n) is 5.06. The molecule has 0 N–H and O–H groups in total. The Morgan fingerprint density at radius 1 is 1.23 bits per heavy atom. The molecule has 2 aliphatic heterocycles. The van der Waals surface area contributed by atoms with E-state index in [1.165, 1.54) is 5.56 Å². The van der Waals surface area contributed by atoms with Gasteiger partial charge in [-0.25, -0.2) is 0 Å². The van der Waals surface area contributed by atoms with Crippen molar-refractivity contribution >= 4 is 23.2 Å². The summed E-state index contributed by atoms with van der Waals surface area (Å²) in [7, 11) is 0. The molecule has 2 aliphatic rings. The van der Waals surface area contributed by atoms with Gasteiger partial charge >= 0.3 is 0 Å². The molecule has 1 atom stereocenters. The first-order valence-corrected chi connectivity index (χ1v) is 9.48. The number of nitrogens with zero attached hydrogens (tertiary/aromatic N) is 1. The summed E-state index contributed by atoms with van der Waals surface area (Å²) in [6.45, 7) is 4.14. The SMILES string of the molecule is CC1CCN(C(=O)Cc2cc(Cl)c3c(c2)OCCCO3)c2ccccc21. The summed E-state index contributed by atoms with van der Waals surface area (Å²) >= 11 is 6.36. The van der Waals surface area contributed by atoms with Gasteiger partial charge < -0.3 is 14.4 Å². The third kappa shape index (κ3) is 3.26. The molecule has 1 amide bonds. The topological polar surface area (TPSA) is 38.8 Å². The van der Waals surface area contributed by atoms with Crippen molar-refractivity contribution in [2.45, 2.75) is 32.1 Å². The Morgan fingerprint density at radius 2 is 2.04 bits per heavy atom. The van der Waals surface area contributed by atoms with Gasteiger partial charge in [-0.05, 0) is 41.7 Å². The van der Waals surface area contributed by atoms with Gasteiger partial charge in [-0.2, -0.15) is 0 Å². The van der Waals surface area contributed by atoms with E-state index in [0.717, 1.165) is 30.6 Å². The van der Waals surface area contributed by atoms with Gasteiger partial charge in [0.15, 0.2) is 11.5 Å². The molecule has 1 unspecified atom stereocenters. The van der Waals surface area contributed by atoms with Crippen molar-refractivity contribution in [2.24, 2.45) is 0 Å². The lowest BCUT2D eigenvalue weighted by Crippen LogP contribution is -2.37. The van der Waals surface area contributed by atoms with E-state index in [1.54, 1.807) is 0 Å². The van der Waals surface area contributed by atoms with Crippen molar-refractivity contribution in [2.75, 3.05) is 24.7 Å². The van der Waals surface area contributed by atoms with Crippen molar-refractivity contribution in [1.82, 2.24) is 0 Å². The highest BCUT2D eigenvalue weighted by Gasteiger charge is 2.26. The average molecular weight is 372 g/mol. The second-order valence-corrected chi connectivity index (χ2v) is 7.33. The summed E-state index contributed by atoms with van der Waals surface area (Å²) in [6.07, 6.45) is 2.09. The molecule has 4 rings (SSSR count). The minimum Gasteiger partial charge on any atom is -0.489 e. The van der Waals surface area contributed by atoms with Gasteiger partial charge in [0.25, 0.3) is 0 Å². The van der Waals surface area contributed by atoms with Crippen LogP contribution in [0, 0.1) is 0 Å². The molecule has 5 heteroatoms. The largest absolute Gasteiger partial charge is 0.489 e. The molecule has 4 nitrogen and oxygen atoms in total. The van der Waals surface area contributed by atoms with E-state index in [0.29, 0.717) is 42.1 Å². The molecule has 2 aromatic rings. The minimum atomic E-state index is 0.0786. The smallest absolute Gasteiger partial charge is 0.231 e. The lowest BCUT2D eigenvalue weighted by atomic mass is 9.91. The fraction of sp³-hybridized carbons (Fsp3) is 0.381. The molecule has 0 aliphatic carbocycles. The summed E-state index contributed by atoms with van der Waals surface area (Å²) in [4.78, 5) is 14.9. The van der Waals surface area contributed by atoms with E-state index >= 15 is 0 Å². The summed E-state index contributed by atoms with van der Waals surface area (Å²) in [5.41, 5.74) is 3.11. The van der Waals surface area contributed by atoms with Crippen molar-refractivity contribution in [3.8, 4) is 11.5 Å². The van der Waals surface area contributed by atoms with Crippen LogP contribution in [-0.2, 0) is 11.2 Å². The molecule has 0 aromatic heterocycles. The van der Waals surface area contributed by atoms with Crippen LogP contribution in [0.4, 0.5) is 5.69 Å². The Bertz CT molecular complexity index is 836. The maximum absolute atomic E-state index is 13.0.